The molecular weight excluding hydrogens is 224 g/mol. The molecule has 0 aromatic heterocycles. The van der Waals surface area contributed by atoms with Gasteiger partial charge in [0.15, 0.2) is 0 Å². The fraction of sp³-hybridized carbons (Fsp3) is 0.364. The van der Waals surface area contributed by atoms with Crippen LogP contribution in [0.1, 0.15) is 10.4 Å². The average Bonchev–Trinajstić information content (AvgIpc) is 2.27. The number of carbonyl (C=O) groups excluding carboxylic acids is 1. The molecular formula is C11H12N2O4. The SMILES string of the molecule is O=C(c1cccc([N+](=O)[O-])c1)N1CC(CO)C1. The Balaban J connectivity index is 2.10. The summed E-state index contributed by atoms with van der Waals surface area (Å²) < 4.78 is 0. The molecule has 2 rings (SSSR count). The van der Waals surface area contributed by atoms with Crippen LogP contribution in [0, 0.1) is 16.0 Å². The first-order valence-corrected chi connectivity index (χ1v) is 5.26. The molecule has 1 fully saturated rings. The zero-order chi connectivity index (χ0) is 12.4. The molecule has 6 heteroatoms. The molecule has 1 aliphatic rings. The van der Waals surface area contributed by atoms with Crippen molar-refractivity contribution in [2.24, 2.45) is 5.92 Å². The second-order valence-electron chi connectivity index (χ2n) is 4.07. The predicted octanol–water partition coefficient (Wildman–Crippen LogP) is 0.659. The number of hydrogen-bond donors (Lipinski definition) is 1. The molecule has 0 aliphatic carbocycles. The summed E-state index contributed by atoms with van der Waals surface area (Å²) in [5.74, 6) is -0.0870. The zero-order valence-corrected chi connectivity index (χ0v) is 9.07. The number of amides is 1. The van der Waals surface area contributed by atoms with E-state index in [0.717, 1.165) is 0 Å². The van der Waals surface area contributed by atoms with Crippen LogP contribution in [0.4, 0.5) is 5.69 Å². The van der Waals surface area contributed by atoms with Crippen molar-refractivity contribution in [3.8, 4) is 0 Å². The highest BCUT2D eigenvalue weighted by molar-refractivity contribution is 5.95. The number of carbonyl (C=O) groups is 1. The first-order valence-electron chi connectivity index (χ1n) is 5.26. The van der Waals surface area contributed by atoms with Crippen LogP contribution in [0.25, 0.3) is 0 Å². The van der Waals surface area contributed by atoms with Crippen LogP contribution in [0.2, 0.25) is 0 Å². The number of benzene rings is 1. The van der Waals surface area contributed by atoms with Crippen LogP contribution in [0.5, 0.6) is 0 Å². The molecule has 0 saturated carbocycles. The van der Waals surface area contributed by atoms with E-state index in [1.165, 1.54) is 18.2 Å². The summed E-state index contributed by atoms with van der Waals surface area (Å²) in [6.07, 6.45) is 0. The summed E-state index contributed by atoms with van der Waals surface area (Å²) >= 11 is 0. The molecule has 0 radical (unpaired) electrons. The standard InChI is InChI=1S/C11H12N2O4/c14-7-8-5-12(6-8)11(15)9-2-1-3-10(4-9)13(16)17/h1-4,8,14H,5-7H2. The second kappa shape index (κ2) is 4.50. The van der Waals surface area contributed by atoms with Crippen LogP contribution in [0.15, 0.2) is 24.3 Å². The van der Waals surface area contributed by atoms with Crippen molar-refractivity contribution in [2.75, 3.05) is 19.7 Å². The van der Waals surface area contributed by atoms with E-state index in [9.17, 15) is 14.9 Å². The predicted molar refractivity (Wildman–Crippen MR) is 59.6 cm³/mol. The smallest absolute Gasteiger partial charge is 0.270 e. The normalized spacial score (nSPS) is 15.5. The number of nitro benzene ring substituents is 1. The number of nitrogens with zero attached hydrogens (tertiary/aromatic N) is 2. The lowest BCUT2D eigenvalue weighted by atomic mass is 10.00. The quantitative estimate of drug-likeness (QED) is 0.617. The summed E-state index contributed by atoms with van der Waals surface area (Å²) in [6.45, 7) is 1.09. The van der Waals surface area contributed by atoms with E-state index in [1.807, 2.05) is 0 Å². The molecule has 1 saturated heterocycles. The third kappa shape index (κ3) is 2.26. The molecule has 0 bridgehead atoms. The van der Waals surface area contributed by atoms with Crippen LogP contribution in [-0.4, -0.2) is 40.5 Å². The summed E-state index contributed by atoms with van der Waals surface area (Å²) in [4.78, 5) is 23.5. The van der Waals surface area contributed by atoms with Crippen molar-refractivity contribution in [1.29, 1.82) is 0 Å². The largest absolute Gasteiger partial charge is 0.396 e. The van der Waals surface area contributed by atoms with Gasteiger partial charge < -0.3 is 10.0 Å². The van der Waals surface area contributed by atoms with Gasteiger partial charge in [-0.2, -0.15) is 0 Å². The first kappa shape index (κ1) is 11.5. The second-order valence-corrected chi connectivity index (χ2v) is 4.07. The van der Waals surface area contributed by atoms with E-state index in [4.69, 9.17) is 5.11 Å². The Kier molecular flexibility index (Phi) is 3.06. The number of rotatable bonds is 3. The molecule has 1 aromatic rings. The number of likely N-dealkylation sites (tertiary alicyclic amines) is 1. The minimum absolute atomic E-state index is 0.0682. The van der Waals surface area contributed by atoms with Gasteiger partial charge in [-0.3, -0.25) is 14.9 Å². The van der Waals surface area contributed by atoms with Crippen molar-refractivity contribution in [1.82, 2.24) is 4.90 Å². The molecule has 90 valence electrons. The number of nitro groups is 1. The monoisotopic (exact) mass is 236 g/mol. The fourth-order valence-corrected chi connectivity index (χ4v) is 1.79. The van der Waals surface area contributed by atoms with Gasteiger partial charge in [-0.25, -0.2) is 0 Å². The highest BCUT2D eigenvalue weighted by Crippen LogP contribution is 2.20. The van der Waals surface area contributed by atoms with Crippen molar-refractivity contribution in [3.05, 3.63) is 39.9 Å². The minimum Gasteiger partial charge on any atom is -0.396 e. The average molecular weight is 236 g/mol. The molecule has 1 amide bonds. The molecule has 6 nitrogen and oxygen atoms in total. The van der Waals surface area contributed by atoms with Gasteiger partial charge in [0.2, 0.25) is 0 Å². The van der Waals surface area contributed by atoms with Crippen molar-refractivity contribution >= 4 is 11.6 Å². The van der Waals surface area contributed by atoms with Gasteiger partial charge in [-0.05, 0) is 6.07 Å². The molecule has 1 heterocycles. The zero-order valence-electron chi connectivity index (χ0n) is 9.07. The molecule has 0 unspecified atom stereocenters. The Labute approximate surface area is 97.6 Å². The highest BCUT2D eigenvalue weighted by atomic mass is 16.6. The minimum atomic E-state index is -0.524. The highest BCUT2D eigenvalue weighted by Gasteiger charge is 2.30. The van der Waals surface area contributed by atoms with E-state index in [0.29, 0.717) is 18.7 Å². The number of aliphatic hydroxyl groups excluding tert-OH is 1. The molecule has 17 heavy (non-hydrogen) atoms. The number of hydrogen-bond acceptors (Lipinski definition) is 4. The van der Waals surface area contributed by atoms with Gasteiger partial charge in [-0.15, -0.1) is 0 Å². The summed E-state index contributed by atoms with van der Waals surface area (Å²) in [7, 11) is 0. The van der Waals surface area contributed by atoms with E-state index >= 15 is 0 Å². The van der Waals surface area contributed by atoms with Gasteiger partial charge in [0.05, 0.1) is 4.92 Å². The Hall–Kier alpha value is -1.95. The van der Waals surface area contributed by atoms with Crippen LogP contribution in [-0.2, 0) is 0 Å². The van der Waals surface area contributed by atoms with Gasteiger partial charge >= 0.3 is 0 Å². The number of aliphatic hydroxyl groups is 1. The third-order valence-electron chi connectivity index (χ3n) is 2.81. The van der Waals surface area contributed by atoms with Gasteiger partial charge in [-0.1, -0.05) is 6.07 Å². The van der Waals surface area contributed by atoms with E-state index in [-0.39, 0.29) is 24.1 Å². The lowest BCUT2D eigenvalue weighted by Gasteiger charge is -2.38. The summed E-state index contributed by atoms with van der Waals surface area (Å²) in [6, 6.07) is 5.67. The van der Waals surface area contributed by atoms with E-state index in [1.54, 1.807) is 11.0 Å². The molecule has 0 spiro atoms. The van der Waals surface area contributed by atoms with Crippen LogP contribution < -0.4 is 0 Å². The Bertz CT molecular complexity index is 455. The molecule has 1 N–H and O–H groups in total. The number of non-ortho nitro benzene ring substituents is 1. The molecule has 0 atom stereocenters. The van der Waals surface area contributed by atoms with Gasteiger partial charge in [0.1, 0.15) is 0 Å². The Morgan fingerprint density at radius 3 is 2.82 bits per heavy atom. The maximum Gasteiger partial charge on any atom is 0.270 e. The van der Waals surface area contributed by atoms with Crippen molar-refractivity contribution < 1.29 is 14.8 Å². The first-order chi connectivity index (χ1) is 8.11. The van der Waals surface area contributed by atoms with Crippen LogP contribution >= 0.6 is 0 Å². The van der Waals surface area contributed by atoms with Crippen LogP contribution in [0.3, 0.4) is 0 Å². The van der Waals surface area contributed by atoms with Gasteiger partial charge in [0, 0.05) is 43.3 Å². The maximum absolute atomic E-state index is 11.9. The lowest BCUT2D eigenvalue weighted by Crippen LogP contribution is -2.51. The third-order valence-corrected chi connectivity index (χ3v) is 2.81. The lowest BCUT2D eigenvalue weighted by molar-refractivity contribution is -0.384. The summed E-state index contributed by atoms with van der Waals surface area (Å²) in [5.41, 5.74) is 0.227. The summed E-state index contributed by atoms with van der Waals surface area (Å²) in [5, 5.41) is 19.4. The molecule has 1 aliphatic heterocycles. The fourth-order valence-electron chi connectivity index (χ4n) is 1.79. The van der Waals surface area contributed by atoms with Gasteiger partial charge in [0.25, 0.3) is 11.6 Å². The van der Waals surface area contributed by atoms with Crippen molar-refractivity contribution in [3.63, 3.8) is 0 Å². The van der Waals surface area contributed by atoms with E-state index < -0.39 is 4.92 Å². The molecule has 1 aromatic carbocycles. The Morgan fingerprint density at radius 2 is 2.24 bits per heavy atom. The topological polar surface area (TPSA) is 83.7 Å². The maximum atomic E-state index is 11.9. The van der Waals surface area contributed by atoms with Crippen molar-refractivity contribution in [2.45, 2.75) is 0 Å². The Morgan fingerprint density at radius 1 is 1.53 bits per heavy atom. The van der Waals surface area contributed by atoms with E-state index in [2.05, 4.69) is 0 Å².